The van der Waals surface area contributed by atoms with Crippen molar-refractivity contribution in [2.45, 2.75) is 26.8 Å². The third-order valence-corrected chi connectivity index (χ3v) is 3.31. The number of aryl methyl sites for hydroxylation is 1. The molecule has 0 amide bonds. The summed E-state index contributed by atoms with van der Waals surface area (Å²) in [5.41, 5.74) is 7.53. The first-order valence-corrected chi connectivity index (χ1v) is 6.42. The highest BCUT2D eigenvalue weighted by atomic mass is 32.1. The molecule has 0 spiro atoms. The molecule has 0 bridgehead atoms. The summed E-state index contributed by atoms with van der Waals surface area (Å²) in [7, 11) is 0. The molecule has 2 N–H and O–H groups in total. The molecule has 0 fully saturated rings. The third-order valence-electron chi connectivity index (χ3n) is 2.58. The number of nitrogens with two attached hydrogens (primary N) is 1. The van der Waals surface area contributed by atoms with E-state index in [9.17, 15) is 0 Å². The fourth-order valence-corrected chi connectivity index (χ4v) is 2.47. The molecule has 3 aromatic rings. The van der Waals surface area contributed by atoms with Crippen LogP contribution in [-0.2, 0) is 0 Å². The van der Waals surface area contributed by atoms with Gasteiger partial charge in [0.05, 0.1) is 5.69 Å². The lowest BCUT2D eigenvalue weighted by molar-refractivity contribution is 0.532. The Labute approximate surface area is 107 Å². The molecule has 18 heavy (non-hydrogen) atoms. The SMILES string of the molecule is Cc1cc(-c2nnc3sc(N)nn23)n(C(C)C)n1. The number of fused-ring (bicyclic) bond motifs is 1. The van der Waals surface area contributed by atoms with Crippen molar-refractivity contribution in [2.24, 2.45) is 0 Å². The molecule has 3 rings (SSSR count). The quantitative estimate of drug-likeness (QED) is 0.757. The van der Waals surface area contributed by atoms with E-state index >= 15 is 0 Å². The van der Waals surface area contributed by atoms with Crippen molar-refractivity contribution in [1.29, 1.82) is 0 Å². The molecule has 3 heterocycles. The van der Waals surface area contributed by atoms with Crippen LogP contribution in [-0.4, -0.2) is 29.6 Å². The van der Waals surface area contributed by atoms with Gasteiger partial charge >= 0.3 is 0 Å². The maximum Gasteiger partial charge on any atom is 0.236 e. The molecule has 0 aliphatic rings. The van der Waals surface area contributed by atoms with Gasteiger partial charge in [0.15, 0.2) is 0 Å². The number of hydrogen-bond acceptors (Lipinski definition) is 6. The van der Waals surface area contributed by atoms with Crippen LogP contribution >= 0.6 is 11.3 Å². The number of nitrogen functional groups attached to an aromatic ring is 1. The van der Waals surface area contributed by atoms with E-state index < -0.39 is 0 Å². The Kier molecular flexibility index (Phi) is 2.34. The first-order valence-electron chi connectivity index (χ1n) is 5.60. The highest BCUT2D eigenvalue weighted by Crippen LogP contribution is 2.25. The van der Waals surface area contributed by atoms with Crippen LogP contribution in [0.2, 0.25) is 0 Å². The molecular formula is C10H13N7S. The summed E-state index contributed by atoms with van der Waals surface area (Å²) in [4.78, 5) is 0.691. The Bertz CT molecular complexity index is 705. The minimum Gasteiger partial charge on any atom is -0.374 e. The van der Waals surface area contributed by atoms with Gasteiger partial charge in [-0.3, -0.25) is 4.68 Å². The molecule has 7 nitrogen and oxygen atoms in total. The summed E-state index contributed by atoms with van der Waals surface area (Å²) < 4.78 is 3.58. The third kappa shape index (κ3) is 1.57. The lowest BCUT2D eigenvalue weighted by Gasteiger charge is -2.08. The van der Waals surface area contributed by atoms with E-state index in [2.05, 4.69) is 34.2 Å². The minimum absolute atomic E-state index is 0.247. The molecule has 3 aromatic heterocycles. The van der Waals surface area contributed by atoms with Gasteiger partial charge in [-0.2, -0.15) is 9.61 Å². The van der Waals surface area contributed by atoms with Crippen LogP contribution in [0.3, 0.4) is 0 Å². The summed E-state index contributed by atoms with van der Waals surface area (Å²) in [5.74, 6) is 0.673. The average Bonchev–Trinajstić information content (AvgIpc) is 2.91. The van der Waals surface area contributed by atoms with Crippen molar-refractivity contribution in [3.63, 3.8) is 0 Å². The predicted molar refractivity (Wildman–Crippen MR) is 69.4 cm³/mol. The Hall–Kier alpha value is -1.96. The molecular weight excluding hydrogens is 250 g/mol. The van der Waals surface area contributed by atoms with Crippen LogP contribution in [0.4, 0.5) is 5.13 Å². The average molecular weight is 263 g/mol. The highest BCUT2D eigenvalue weighted by Gasteiger charge is 2.18. The smallest absolute Gasteiger partial charge is 0.236 e. The Morgan fingerprint density at radius 2 is 2.06 bits per heavy atom. The minimum atomic E-state index is 0.247. The number of rotatable bonds is 2. The molecule has 0 aromatic carbocycles. The predicted octanol–water partition coefficient (Wildman–Crippen LogP) is 1.52. The molecule has 0 aliphatic heterocycles. The van der Waals surface area contributed by atoms with Crippen LogP contribution in [0, 0.1) is 6.92 Å². The lowest BCUT2D eigenvalue weighted by Crippen LogP contribution is -2.06. The van der Waals surface area contributed by atoms with E-state index in [0.29, 0.717) is 15.9 Å². The van der Waals surface area contributed by atoms with Crippen molar-refractivity contribution in [1.82, 2.24) is 29.6 Å². The van der Waals surface area contributed by atoms with Crippen LogP contribution < -0.4 is 5.73 Å². The second-order valence-corrected chi connectivity index (χ2v) is 5.36. The molecule has 0 radical (unpaired) electrons. The van der Waals surface area contributed by atoms with Crippen molar-refractivity contribution < 1.29 is 0 Å². The zero-order valence-electron chi connectivity index (χ0n) is 10.3. The molecule has 0 saturated heterocycles. The van der Waals surface area contributed by atoms with E-state index in [1.54, 1.807) is 4.52 Å². The van der Waals surface area contributed by atoms with Crippen LogP contribution in [0.25, 0.3) is 16.5 Å². The standard InChI is InChI=1S/C10H13N7S/c1-5(2)16-7(4-6(3)14-16)8-12-13-10-17(8)15-9(11)18-10/h4-5H,1-3H3,(H2,11,15). The summed E-state index contributed by atoms with van der Waals surface area (Å²) in [5, 5.41) is 17.4. The van der Waals surface area contributed by atoms with E-state index in [1.165, 1.54) is 11.3 Å². The zero-order valence-corrected chi connectivity index (χ0v) is 11.1. The van der Waals surface area contributed by atoms with Crippen LogP contribution in [0.1, 0.15) is 25.6 Å². The number of nitrogens with zero attached hydrogens (tertiary/aromatic N) is 6. The van der Waals surface area contributed by atoms with E-state index in [0.717, 1.165) is 11.4 Å². The van der Waals surface area contributed by atoms with Gasteiger partial charge < -0.3 is 5.73 Å². The first kappa shape index (κ1) is 11.1. The molecule has 8 heteroatoms. The van der Waals surface area contributed by atoms with Gasteiger partial charge in [-0.15, -0.1) is 15.3 Å². The van der Waals surface area contributed by atoms with Gasteiger partial charge in [0.2, 0.25) is 15.9 Å². The van der Waals surface area contributed by atoms with E-state index in [-0.39, 0.29) is 6.04 Å². The molecule has 0 unspecified atom stereocenters. The van der Waals surface area contributed by atoms with Gasteiger partial charge in [0.25, 0.3) is 0 Å². The first-order chi connectivity index (χ1) is 8.56. The molecule has 0 saturated carbocycles. The number of anilines is 1. The molecule has 94 valence electrons. The fourth-order valence-electron chi connectivity index (χ4n) is 1.87. The highest BCUT2D eigenvalue weighted by molar-refractivity contribution is 7.20. The van der Waals surface area contributed by atoms with E-state index in [1.807, 2.05) is 17.7 Å². The van der Waals surface area contributed by atoms with Crippen LogP contribution in [0.15, 0.2) is 6.07 Å². The second kappa shape index (κ2) is 3.77. The van der Waals surface area contributed by atoms with Gasteiger partial charge in [-0.1, -0.05) is 11.3 Å². The monoisotopic (exact) mass is 263 g/mol. The summed E-state index contributed by atoms with van der Waals surface area (Å²) in [6.07, 6.45) is 0. The lowest BCUT2D eigenvalue weighted by atomic mass is 10.3. The summed E-state index contributed by atoms with van der Waals surface area (Å²) in [6.45, 7) is 6.10. The van der Waals surface area contributed by atoms with Gasteiger partial charge in [-0.05, 0) is 26.8 Å². The summed E-state index contributed by atoms with van der Waals surface area (Å²) >= 11 is 1.32. The Morgan fingerprint density at radius 3 is 2.78 bits per heavy atom. The van der Waals surface area contributed by atoms with Gasteiger partial charge in [0.1, 0.15) is 5.69 Å². The Morgan fingerprint density at radius 1 is 1.28 bits per heavy atom. The van der Waals surface area contributed by atoms with E-state index in [4.69, 9.17) is 5.73 Å². The van der Waals surface area contributed by atoms with Crippen LogP contribution in [0.5, 0.6) is 0 Å². The molecule has 0 atom stereocenters. The molecule has 0 aliphatic carbocycles. The fraction of sp³-hybridized carbons (Fsp3) is 0.400. The van der Waals surface area contributed by atoms with Crippen molar-refractivity contribution >= 4 is 21.4 Å². The summed E-state index contributed by atoms with van der Waals surface area (Å²) in [6, 6.07) is 2.23. The van der Waals surface area contributed by atoms with Gasteiger partial charge in [0, 0.05) is 6.04 Å². The topological polar surface area (TPSA) is 86.9 Å². The maximum atomic E-state index is 5.68. The second-order valence-electron chi connectivity index (χ2n) is 4.37. The largest absolute Gasteiger partial charge is 0.374 e. The van der Waals surface area contributed by atoms with Crippen molar-refractivity contribution in [3.05, 3.63) is 11.8 Å². The maximum absolute atomic E-state index is 5.68. The zero-order chi connectivity index (χ0) is 12.9. The number of hydrogen-bond donors (Lipinski definition) is 1. The van der Waals surface area contributed by atoms with Crippen molar-refractivity contribution in [2.75, 3.05) is 5.73 Å². The number of aromatic nitrogens is 6. The van der Waals surface area contributed by atoms with Gasteiger partial charge in [-0.25, -0.2) is 0 Å². The normalized spacial score (nSPS) is 11.8. The Balaban J connectivity index is 2.25. The van der Waals surface area contributed by atoms with Crippen molar-refractivity contribution in [3.8, 4) is 11.5 Å².